The van der Waals surface area contributed by atoms with Crippen molar-refractivity contribution < 1.29 is 9.18 Å². The van der Waals surface area contributed by atoms with Crippen LogP contribution in [0.25, 0.3) is 22.4 Å². The molecule has 34 heavy (non-hydrogen) atoms. The molecule has 1 aromatic carbocycles. The zero-order valence-electron chi connectivity index (χ0n) is 19.1. The number of carbonyl (C=O) groups excluding carboxylic acids is 1. The largest absolute Gasteiger partial charge is 0.352 e. The summed E-state index contributed by atoms with van der Waals surface area (Å²) in [5.41, 5.74) is 0.998. The maximum absolute atomic E-state index is 14.0. The quantitative estimate of drug-likeness (QED) is 0.459. The fourth-order valence-corrected chi connectivity index (χ4v) is 4.70. The van der Waals surface area contributed by atoms with E-state index in [-0.39, 0.29) is 18.5 Å². The number of carbonyl (C=O) groups is 1. The molecule has 9 heteroatoms. The van der Waals surface area contributed by atoms with Crippen LogP contribution in [0.3, 0.4) is 0 Å². The van der Waals surface area contributed by atoms with Crippen LogP contribution in [0.2, 0.25) is 0 Å². The second kappa shape index (κ2) is 9.24. The molecule has 0 unspecified atom stereocenters. The van der Waals surface area contributed by atoms with E-state index in [0.717, 1.165) is 25.7 Å². The lowest BCUT2D eigenvalue weighted by molar-refractivity contribution is -0.122. The third-order valence-electron chi connectivity index (χ3n) is 6.34. The van der Waals surface area contributed by atoms with Gasteiger partial charge in [0.25, 0.3) is 5.56 Å². The van der Waals surface area contributed by atoms with Crippen LogP contribution in [0.5, 0.6) is 0 Å². The molecule has 0 saturated heterocycles. The zero-order valence-corrected chi connectivity index (χ0v) is 19.1. The molecule has 0 spiro atoms. The maximum Gasteiger partial charge on any atom is 0.280 e. The van der Waals surface area contributed by atoms with Crippen LogP contribution >= 0.6 is 0 Å². The van der Waals surface area contributed by atoms with Gasteiger partial charge in [0.1, 0.15) is 23.3 Å². The Bertz CT molecular complexity index is 1380. The van der Waals surface area contributed by atoms with Gasteiger partial charge in [-0.25, -0.2) is 13.8 Å². The van der Waals surface area contributed by atoms with Crippen LogP contribution in [0.15, 0.2) is 53.6 Å². The molecule has 176 valence electrons. The van der Waals surface area contributed by atoms with Crippen molar-refractivity contribution in [2.24, 2.45) is 0 Å². The van der Waals surface area contributed by atoms with Gasteiger partial charge in [0, 0.05) is 18.4 Å². The van der Waals surface area contributed by atoms with E-state index in [1.54, 1.807) is 40.7 Å². The van der Waals surface area contributed by atoms with Crippen molar-refractivity contribution in [2.45, 2.75) is 58.0 Å². The zero-order chi connectivity index (χ0) is 23.7. The third kappa shape index (κ3) is 4.25. The monoisotopic (exact) mass is 462 g/mol. The minimum atomic E-state index is -0.414. The van der Waals surface area contributed by atoms with Crippen LogP contribution < -0.4 is 10.9 Å². The first-order valence-corrected chi connectivity index (χ1v) is 11.7. The van der Waals surface area contributed by atoms with Gasteiger partial charge < -0.3 is 9.88 Å². The number of halogens is 1. The van der Waals surface area contributed by atoms with E-state index >= 15 is 0 Å². The number of benzene rings is 1. The lowest BCUT2D eigenvalue weighted by Gasteiger charge is -2.16. The Morgan fingerprint density at radius 3 is 2.53 bits per heavy atom. The van der Waals surface area contributed by atoms with Crippen LogP contribution in [-0.2, 0) is 11.3 Å². The molecule has 5 rings (SSSR count). The van der Waals surface area contributed by atoms with Crippen LogP contribution in [-0.4, -0.2) is 36.1 Å². The first kappa shape index (κ1) is 22.1. The highest BCUT2D eigenvalue weighted by Crippen LogP contribution is 2.25. The number of nitrogens with one attached hydrogen (secondary N) is 1. The molecule has 1 fully saturated rings. The van der Waals surface area contributed by atoms with Crippen LogP contribution in [0.4, 0.5) is 4.39 Å². The number of aryl methyl sites for hydroxylation is 1. The SMILES string of the molecule is Cc1nn(CC(=O)NC2CCCCCC2)c(=O)c2c(-n3cccc3)n(-c3cccc(F)c3)nc12. The van der Waals surface area contributed by atoms with E-state index in [1.807, 2.05) is 12.1 Å². The summed E-state index contributed by atoms with van der Waals surface area (Å²) in [4.78, 5) is 26.4. The molecule has 1 aliphatic rings. The van der Waals surface area contributed by atoms with Gasteiger partial charge in [0.2, 0.25) is 5.91 Å². The Morgan fingerprint density at radius 2 is 1.82 bits per heavy atom. The molecule has 0 radical (unpaired) electrons. The van der Waals surface area contributed by atoms with E-state index in [0.29, 0.717) is 28.1 Å². The van der Waals surface area contributed by atoms with E-state index in [9.17, 15) is 14.0 Å². The third-order valence-corrected chi connectivity index (χ3v) is 6.34. The summed E-state index contributed by atoms with van der Waals surface area (Å²) in [7, 11) is 0. The van der Waals surface area contributed by atoms with E-state index in [1.165, 1.54) is 29.7 Å². The van der Waals surface area contributed by atoms with Crippen molar-refractivity contribution in [1.29, 1.82) is 0 Å². The fourth-order valence-electron chi connectivity index (χ4n) is 4.70. The van der Waals surface area contributed by atoms with Gasteiger partial charge in [-0.2, -0.15) is 10.2 Å². The average Bonchev–Trinajstić information content (AvgIpc) is 3.40. The highest BCUT2D eigenvalue weighted by atomic mass is 19.1. The smallest absolute Gasteiger partial charge is 0.280 e. The Balaban J connectivity index is 1.58. The summed E-state index contributed by atoms with van der Waals surface area (Å²) < 4.78 is 18.5. The van der Waals surface area contributed by atoms with Crippen molar-refractivity contribution in [2.75, 3.05) is 0 Å². The fraction of sp³-hybridized carbons (Fsp3) is 0.360. The van der Waals surface area contributed by atoms with Gasteiger partial charge in [-0.05, 0) is 50.1 Å². The van der Waals surface area contributed by atoms with Crippen molar-refractivity contribution in [3.63, 3.8) is 0 Å². The molecular formula is C25H27FN6O2. The van der Waals surface area contributed by atoms with Crippen molar-refractivity contribution in [3.8, 4) is 11.5 Å². The number of hydrogen-bond acceptors (Lipinski definition) is 4. The number of hydrogen-bond donors (Lipinski definition) is 1. The number of amides is 1. The molecule has 0 atom stereocenters. The van der Waals surface area contributed by atoms with Gasteiger partial charge in [0.15, 0.2) is 5.82 Å². The van der Waals surface area contributed by atoms with Gasteiger partial charge >= 0.3 is 0 Å². The number of rotatable bonds is 5. The lowest BCUT2D eigenvalue weighted by atomic mass is 10.1. The minimum absolute atomic E-state index is 0.140. The molecule has 1 saturated carbocycles. The molecule has 1 aliphatic carbocycles. The molecule has 8 nitrogen and oxygen atoms in total. The number of nitrogens with zero attached hydrogens (tertiary/aromatic N) is 5. The van der Waals surface area contributed by atoms with Gasteiger partial charge in [-0.3, -0.25) is 9.59 Å². The summed E-state index contributed by atoms with van der Waals surface area (Å²) >= 11 is 0. The van der Waals surface area contributed by atoms with Crippen LogP contribution in [0, 0.1) is 12.7 Å². The average molecular weight is 463 g/mol. The second-order valence-corrected chi connectivity index (χ2v) is 8.83. The van der Waals surface area contributed by atoms with E-state index in [2.05, 4.69) is 15.5 Å². The standard InChI is InChI=1S/C25H27FN6O2/c1-17-23-22(25(34)31(28-17)16-21(33)27-19-10-4-2-3-5-11-19)24(30-13-6-7-14-30)32(29-23)20-12-8-9-18(26)15-20/h6-9,12-15,19H,2-5,10-11,16H2,1H3,(H,27,33). The number of fused-ring (bicyclic) bond motifs is 1. The molecule has 4 aromatic rings. The Kier molecular flexibility index (Phi) is 6.00. The first-order valence-electron chi connectivity index (χ1n) is 11.7. The van der Waals surface area contributed by atoms with Gasteiger partial charge in [-0.1, -0.05) is 31.7 Å². The Labute approximate surface area is 196 Å². The first-order chi connectivity index (χ1) is 16.5. The molecule has 0 bridgehead atoms. The Morgan fingerprint density at radius 1 is 1.09 bits per heavy atom. The highest BCUT2D eigenvalue weighted by molar-refractivity contribution is 5.88. The summed E-state index contributed by atoms with van der Waals surface area (Å²) in [6, 6.07) is 9.85. The summed E-state index contributed by atoms with van der Waals surface area (Å²) in [5, 5.41) is 12.4. The molecule has 1 amide bonds. The maximum atomic E-state index is 14.0. The highest BCUT2D eigenvalue weighted by Gasteiger charge is 2.23. The predicted octanol–water partition coefficient (Wildman–Crippen LogP) is 3.66. The normalized spacial score (nSPS) is 14.9. The van der Waals surface area contributed by atoms with Crippen molar-refractivity contribution >= 4 is 16.8 Å². The summed E-state index contributed by atoms with van der Waals surface area (Å²) in [6.45, 7) is 1.59. The summed E-state index contributed by atoms with van der Waals surface area (Å²) in [6.07, 6.45) is 10.1. The van der Waals surface area contributed by atoms with Gasteiger partial charge in [0.05, 0.1) is 11.4 Å². The Hall–Kier alpha value is -3.75. The van der Waals surface area contributed by atoms with Crippen LogP contribution in [0.1, 0.15) is 44.2 Å². The lowest BCUT2D eigenvalue weighted by Crippen LogP contribution is -2.39. The summed E-state index contributed by atoms with van der Waals surface area (Å²) in [5.74, 6) is -0.155. The second-order valence-electron chi connectivity index (χ2n) is 8.83. The number of aromatic nitrogens is 5. The predicted molar refractivity (Wildman–Crippen MR) is 127 cm³/mol. The molecule has 1 N–H and O–H groups in total. The topological polar surface area (TPSA) is 86.7 Å². The van der Waals surface area contributed by atoms with E-state index < -0.39 is 11.4 Å². The molecule has 3 heterocycles. The van der Waals surface area contributed by atoms with Gasteiger partial charge in [-0.15, -0.1) is 0 Å². The van der Waals surface area contributed by atoms with Crippen molar-refractivity contribution in [1.82, 2.24) is 29.4 Å². The molecule has 0 aliphatic heterocycles. The molecular weight excluding hydrogens is 435 g/mol. The van der Waals surface area contributed by atoms with Crippen molar-refractivity contribution in [3.05, 3.63) is 70.7 Å². The van der Waals surface area contributed by atoms with E-state index in [4.69, 9.17) is 0 Å². The minimum Gasteiger partial charge on any atom is -0.352 e. The molecule has 3 aromatic heterocycles.